The van der Waals surface area contributed by atoms with Crippen LogP contribution in [0.15, 0.2) is 54.6 Å². The fraction of sp³-hybridized carbons (Fsp3) is 0.278. The second-order valence-corrected chi connectivity index (χ2v) is 5.49. The zero-order valence-corrected chi connectivity index (χ0v) is 13.4. The lowest BCUT2D eigenvalue weighted by atomic mass is 10.0. The van der Waals surface area contributed by atoms with E-state index in [0.29, 0.717) is 6.54 Å². The Kier molecular flexibility index (Phi) is 6.26. The topological polar surface area (TPSA) is 55.6 Å². The number of ether oxygens (including phenoxy) is 1. The molecule has 4 nitrogen and oxygen atoms in total. The normalized spacial score (nSPS) is 12.0. The smallest absolute Gasteiger partial charge is 0.387 e. The van der Waals surface area contributed by atoms with Crippen LogP contribution in [0.3, 0.4) is 0 Å². The molecule has 2 aromatic rings. The molecule has 1 atom stereocenters. The van der Waals surface area contributed by atoms with Crippen LogP contribution >= 0.6 is 0 Å². The van der Waals surface area contributed by atoms with Gasteiger partial charge in [0.25, 0.3) is 0 Å². The fourth-order valence-corrected chi connectivity index (χ4v) is 2.30. The molecule has 1 unspecified atom stereocenters. The number of nitrogens with two attached hydrogens (primary N) is 1. The van der Waals surface area contributed by atoms with Gasteiger partial charge in [0, 0.05) is 26.1 Å². The SMILES string of the molecule is CN(Cc1ccc(OC(F)F)cc1)C(=O)CC(N)c1ccccc1. The molecular formula is C18H20F2N2O2. The first-order valence-electron chi connectivity index (χ1n) is 7.54. The van der Waals surface area contributed by atoms with Crippen LogP contribution < -0.4 is 10.5 Å². The number of carbonyl (C=O) groups is 1. The van der Waals surface area contributed by atoms with Crippen molar-refractivity contribution in [3.05, 3.63) is 65.7 Å². The minimum absolute atomic E-state index is 0.0840. The van der Waals surface area contributed by atoms with Gasteiger partial charge >= 0.3 is 6.61 Å². The Hall–Kier alpha value is -2.47. The van der Waals surface area contributed by atoms with Crippen molar-refractivity contribution in [2.24, 2.45) is 5.73 Å². The first kappa shape index (κ1) is 17.9. The molecule has 0 aliphatic carbocycles. The van der Waals surface area contributed by atoms with Crippen molar-refractivity contribution < 1.29 is 18.3 Å². The molecule has 0 heterocycles. The highest BCUT2D eigenvalue weighted by Crippen LogP contribution is 2.18. The number of benzene rings is 2. The van der Waals surface area contributed by atoms with Gasteiger partial charge in [0.1, 0.15) is 5.75 Å². The van der Waals surface area contributed by atoms with Gasteiger partial charge in [0.2, 0.25) is 5.91 Å². The van der Waals surface area contributed by atoms with E-state index in [1.54, 1.807) is 24.1 Å². The molecule has 0 saturated carbocycles. The Morgan fingerprint density at radius 1 is 1.12 bits per heavy atom. The Bertz CT molecular complexity index is 648. The molecule has 1 amide bonds. The molecule has 2 aromatic carbocycles. The Morgan fingerprint density at radius 2 is 1.75 bits per heavy atom. The summed E-state index contributed by atoms with van der Waals surface area (Å²) in [5.41, 5.74) is 7.79. The summed E-state index contributed by atoms with van der Waals surface area (Å²) in [5.74, 6) is 0.00749. The molecule has 0 saturated heterocycles. The van der Waals surface area contributed by atoms with E-state index < -0.39 is 6.61 Å². The van der Waals surface area contributed by atoms with Crippen molar-refractivity contribution in [2.75, 3.05) is 7.05 Å². The summed E-state index contributed by atoms with van der Waals surface area (Å²) >= 11 is 0. The van der Waals surface area contributed by atoms with Crippen LogP contribution in [0, 0.1) is 0 Å². The van der Waals surface area contributed by atoms with Gasteiger partial charge < -0.3 is 15.4 Å². The lowest BCUT2D eigenvalue weighted by Crippen LogP contribution is -2.29. The molecule has 6 heteroatoms. The Balaban J connectivity index is 1.89. The third-order valence-electron chi connectivity index (χ3n) is 3.62. The van der Waals surface area contributed by atoms with Gasteiger partial charge in [-0.3, -0.25) is 4.79 Å². The number of hydrogen-bond donors (Lipinski definition) is 1. The summed E-state index contributed by atoms with van der Waals surface area (Å²) in [6.07, 6.45) is 0.201. The van der Waals surface area contributed by atoms with E-state index in [0.717, 1.165) is 11.1 Å². The summed E-state index contributed by atoms with van der Waals surface area (Å²) in [7, 11) is 1.68. The third kappa shape index (κ3) is 5.31. The maximum atomic E-state index is 12.3. The standard InChI is InChI=1S/C18H20F2N2O2/c1-22(12-13-7-9-15(10-8-13)24-18(19)20)17(23)11-16(21)14-5-3-2-4-6-14/h2-10,16,18H,11-12,21H2,1H3. The van der Waals surface area contributed by atoms with Gasteiger partial charge in [0.05, 0.1) is 0 Å². The highest BCUT2D eigenvalue weighted by molar-refractivity contribution is 5.76. The average Bonchev–Trinajstić information content (AvgIpc) is 2.56. The van der Waals surface area contributed by atoms with Crippen LogP contribution in [0.2, 0.25) is 0 Å². The summed E-state index contributed by atoms with van der Waals surface area (Å²) in [6.45, 7) is -2.48. The lowest BCUT2D eigenvalue weighted by molar-refractivity contribution is -0.130. The molecule has 0 aromatic heterocycles. The highest BCUT2D eigenvalue weighted by Gasteiger charge is 2.15. The molecule has 0 aliphatic rings. The molecule has 0 fully saturated rings. The monoisotopic (exact) mass is 334 g/mol. The molecule has 0 bridgehead atoms. The molecular weight excluding hydrogens is 314 g/mol. The summed E-state index contributed by atoms with van der Waals surface area (Å²) < 4.78 is 28.5. The maximum absolute atomic E-state index is 12.3. The second-order valence-electron chi connectivity index (χ2n) is 5.49. The number of halogens is 2. The highest BCUT2D eigenvalue weighted by atomic mass is 19.3. The quantitative estimate of drug-likeness (QED) is 0.845. The number of rotatable bonds is 7. The second kappa shape index (κ2) is 8.40. The fourth-order valence-electron chi connectivity index (χ4n) is 2.30. The van der Waals surface area contributed by atoms with Crippen LogP contribution in [0.1, 0.15) is 23.6 Å². The van der Waals surface area contributed by atoms with Crippen molar-refractivity contribution in [1.82, 2.24) is 4.90 Å². The molecule has 0 aliphatic heterocycles. The van der Waals surface area contributed by atoms with Gasteiger partial charge in [0.15, 0.2) is 0 Å². The van der Waals surface area contributed by atoms with E-state index >= 15 is 0 Å². The van der Waals surface area contributed by atoms with Crippen LogP contribution in [-0.2, 0) is 11.3 Å². The van der Waals surface area contributed by atoms with Crippen molar-refractivity contribution in [3.63, 3.8) is 0 Å². The van der Waals surface area contributed by atoms with E-state index in [-0.39, 0.29) is 24.1 Å². The van der Waals surface area contributed by atoms with Crippen LogP contribution in [0.5, 0.6) is 5.75 Å². The molecule has 128 valence electrons. The predicted molar refractivity (Wildman–Crippen MR) is 87.5 cm³/mol. The first-order valence-corrected chi connectivity index (χ1v) is 7.54. The van der Waals surface area contributed by atoms with Gasteiger partial charge in [-0.2, -0.15) is 8.78 Å². The van der Waals surface area contributed by atoms with E-state index in [1.165, 1.54) is 12.1 Å². The number of amides is 1. The minimum Gasteiger partial charge on any atom is -0.435 e. The zero-order valence-electron chi connectivity index (χ0n) is 13.4. The van der Waals surface area contributed by atoms with Crippen LogP contribution in [0.25, 0.3) is 0 Å². The van der Waals surface area contributed by atoms with Gasteiger partial charge in [-0.15, -0.1) is 0 Å². The molecule has 2 rings (SSSR count). The number of hydrogen-bond acceptors (Lipinski definition) is 3. The number of alkyl halides is 2. The van der Waals surface area contributed by atoms with Gasteiger partial charge in [-0.25, -0.2) is 0 Å². The van der Waals surface area contributed by atoms with Gasteiger partial charge in [-0.1, -0.05) is 42.5 Å². The van der Waals surface area contributed by atoms with Crippen molar-refractivity contribution in [1.29, 1.82) is 0 Å². The third-order valence-corrected chi connectivity index (χ3v) is 3.62. The van der Waals surface area contributed by atoms with E-state index in [9.17, 15) is 13.6 Å². The first-order chi connectivity index (χ1) is 11.5. The number of nitrogens with zero attached hydrogens (tertiary/aromatic N) is 1. The average molecular weight is 334 g/mol. The predicted octanol–water partition coefficient (Wildman–Crippen LogP) is 3.34. The summed E-state index contributed by atoms with van der Waals surface area (Å²) in [6, 6.07) is 15.3. The Labute approximate surface area is 139 Å². The van der Waals surface area contributed by atoms with Crippen molar-refractivity contribution >= 4 is 5.91 Å². The van der Waals surface area contributed by atoms with Gasteiger partial charge in [-0.05, 0) is 23.3 Å². The lowest BCUT2D eigenvalue weighted by Gasteiger charge is -2.20. The Morgan fingerprint density at radius 3 is 2.33 bits per heavy atom. The van der Waals surface area contributed by atoms with Crippen LogP contribution in [0.4, 0.5) is 8.78 Å². The molecule has 24 heavy (non-hydrogen) atoms. The van der Waals surface area contributed by atoms with E-state index in [1.807, 2.05) is 30.3 Å². The zero-order chi connectivity index (χ0) is 17.5. The van der Waals surface area contributed by atoms with E-state index in [2.05, 4.69) is 4.74 Å². The summed E-state index contributed by atoms with van der Waals surface area (Å²) in [5, 5.41) is 0. The summed E-state index contributed by atoms with van der Waals surface area (Å²) in [4.78, 5) is 13.8. The minimum atomic E-state index is -2.85. The largest absolute Gasteiger partial charge is 0.435 e. The molecule has 0 spiro atoms. The molecule has 0 radical (unpaired) electrons. The molecule has 2 N–H and O–H groups in total. The number of carbonyl (C=O) groups excluding carboxylic acids is 1. The van der Waals surface area contributed by atoms with E-state index in [4.69, 9.17) is 5.73 Å². The maximum Gasteiger partial charge on any atom is 0.387 e. The van der Waals surface area contributed by atoms with Crippen molar-refractivity contribution in [3.8, 4) is 5.75 Å². The van der Waals surface area contributed by atoms with Crippen LogP contribution in [-0.4, -0.2) is 24.5 Å². The van der Waals surface area contributed by atoms with Crippen molar-refractivity contribution in [2.45, 2.75) is 25.6 Å².